The first-order valence-electron chi connectivity index (χ1n) is 6.25. The molecule has 2 N–H and O–H groups in total. The first-order valence-corrected chi connectivity index (χ1v) is 6.25. The topological polar surface area (TPSA) is 83.8 Å². The van der Waals surface area contributed by atoms with Crippen molar-refractivity contribution in [3.05, 3.63) is 64.0 Å². The van der Waals surface area contributed by atoms with Gasteiger partial charge in [0.15, 0.2) is 0 Å². The third-order valence-corrected chi connectivity index (χ3v) is 3.08. The molecule has 6 nitrogen and oxygen atoms in total. The van der Waals surface area contributed by atoms with Crippen molar-refractivity contribution in [2.75, 3.05) is 5.32 Å². The Bertz CT molecular complexity index is 816. The second-order valence-corrected chi connectivity index (χ2v) is 4.49. The number of nitrogens with one attached hydrogen (secondary N) is 2. The van der Waals surface area contributed by atoms with Crippen LogP contribution in [0.25, 0.3) is 11.0 Å². The number of H-pyrrole nitrogens is 1. The minimum atomic E-state index is -0.466. The molecule has 0 aliphatic carbocycles. The molecule has 3 rings (SSSR count). The Morgan fingerprint density at radius 2 is 2.10 bits per heavy atom. The fraction of sp³-hybridized carbons (Fsp3) is 0.0714. The van der Waals surface area contributed by atoms with Crippen LogP contribution in [-0.4, -0.2) is 14.9 Å². The highest BCUT2D eigenvalue weighted by Gasteiger charge is 2.09. The lowest BCUT2D eigenvalue weighted by Crippen LogP contribution is -2.02. The standard InChI is InChI=1S/C14H11FN4O2/c15-11-4-2-1-3-9(11)8-16-14-17-12-6-5-10(19(20)21)7-13(12)18-14/h1-7H,8H2,(H2,16,17,18). The van der Waals surface area contributed by atoms with Gasteiger partial charge in [-0.1, -0.05) is 18.2 Å². The van der Waals surface area contributed by atoms with Crippen molar-refractivity contribution in [2.24, 2.45) is 0 Å². The maximum absolute atomic E-state index is 13.5. The lowest BCUT2D eigenvalue weighted by molar-refractivity contribution is -0.384. The number of aromatic amines is 1. The van der Waals surface area contributed by atoms with Crippen LogP contribution in [0.15, 0.2) is 42.5 Å². The molecule has 1 aromatic heterocycles. The minimum absolute atomic E-state index is 0.00759. The van der Waals surface area contributed by atoms with E-state index in [9.17, 15) is 14.5 Å². The third kappa shape index (κ3) is 2.66. The summed E-state index contributed by atoms with van der Waals surface area (Å²) in [4.78, 5) is 17.4. The van der Waals surface area contributed by atoms with Crippen molar-refractivity contribution in [1.29, 1.82) is 0 Å². The Morgan fingerprint density at radius 1 is 1.29 bits per heavy atom. The number of non-ortho nitro benzene ring substituents is 1. The summed E-state index contributed by atoms with van der Waals surface area (Å²) in [6, 6.07) is 10.8. The van der Waals surface area contributed by atoms with Gasteiger partial charge < -0.3 is 10.3 Å². The van der Waals surface area contributed by atoms with E-state index >= 15 is 0 Å². The number of nitrogens with zero attached hydrogens (tertiary/aromatic N) is 2. The molecule has 0 saturated carbocycles. The molecule has 0 aliphatic rings. The number of hydrogen-bond donors (Lipinski definition) is 2. The van der Waals surface area contributed by atoms with Crippen LogP contribution < -0.4 is 5.32 Å². The molecule has 0 unspecified atom stereocenters. The van der Waals surface area contributed by atoms with Gasteiger partial charge in [-0.2, -0.15) is 0 Å². The highest BCUT2D eigenvalue weighted by molar-refractivity contribution is 5.79. The quantitative estimate of drug-likeness (QED) is 0.569. The third-order valence-electron chi connectivity index (χ3n) is 3.08. The smallest absolute Gasteiger partial charge is 0.271 e. The zero-order chi connectivity index (χ0) is 14.8. The number of halogens is 1. The van der Waals surface area contributed by atoms with E-state index in [-0.39, 0.29) is 18.0 Å². The summed E-state index contributed by atoms with van der Waals surface area (Å²) < 4.78 is 13.5. The highest BCUT2D eigenvalue weighted by atomic mass is 19.1. The zero-order valence-electron chi connectivity index (χ0n) is 10.8. The van der Waals surface area contributed by atoms with E-state index in [0.717, 1.165) is 0 Å². The largest absolute Gasteiger partial charge is 0.352 e. The molecule has 0 aliphatic heterocycles. The molecule has 3 aromatic rings. The van der Waals surface area contributed by atoms with E-state index < -0.39 is 4.92 Å². The molecule has 0 radical (unpaired) electrons. The summed E-state index contributed by atoms with van der Waals surface area (Å²) in [6.45, 7) is 0.272. The summed E-state index contributed by atoms with van der Waals surface area (Å²) in [5, 5.41) is 13.7. The summed E-state index contributed by atoms with van der Waals surface area (Å²) >= 11 is 0. The number of benzene rings is 2. The van der Waals surface area contributed by atoms with Crippen molar-refractivity contribution < 1.29 is 9.31 Å². The maximum atomic E-state index is 13.5. The number of imidazole rings is 1. The van der Waals surface area contributed by atoms with Crippen molar-refractivity contribution >= 4 is 22.7 Å². The molecule has 21 heavy (non-hydrogen) atoms. The van der Waals surface area contributed by atoms with Gasteiger partial charge in [0.1, 0.15) is 5.82 Å². The van der Waals surface area contributed by atoms with E-state index in [1.807, 2.05) is 0 Å². The highest BCUT2D eigenvalue weighted by Crippen LogP contribution is 2.20. The van der Waals surface area contributed by atoms with Gasteiger partial charge in [0.05, 0.1) is 16.0 Å². The minimum Gasteiger partial charge on any atom is -0.352 e. The lowest BCUT2D eigenvalue weighted by Gasteiger charge is -2.03. The molecule has 0 saturated heterocycles. The Hall–Kier alpha value is -2.96. The number of aromatic nitrogens is 2. The normalized spacial score (nSPS) is 10.7. The average molecular weight is 286 g/mol. The molecule has 0 fully saturated rings. The number of rotatable bonds is 4. The Balaban J connectivity index is 1.82. The summed E-state index contributed by atoms with van der Waals surface area (Å²) in [5.41, 5.74) is 1.67. The predicted molar refractivity (Wildman–Crippen MR) is 76.5 cm³/mol. The Labute approximate surface area is 118 Å². The maximum Gasteiger partial charge on any atom is 0.271 e. The van der Waals surface area contributed by atoms with Gasteiger partial charge in [0.2, 0.25) is 5.95 Å². The van der Waals surface area contributed by atoms with Crippen LogP contribution in [0.4, 0.5) is 16.0 Å². The number of fused-ring (bicyclic) bond motifs is 1. The first-order chi connectivity index (χ1) is 10.1. The van der Waals surface area contributed by atoms with Gasteiger partial charge in [-0.05, 0) is 12.1 Å². The van der Waals surface area contributed by atoms with Crippen LogP contribution in [0.5, 0.6) is 0 Å². The second-order valence-electron chi connectivity index (χ2n) is 4.49. The lowest BCUT2D eigenvalue weighted by atomic mass is 10.2. The summed E-state index contributed by atoms with van der Waals surface area (Å²) in [7, 11) is 0. The summed E-state index contributed by atoms with van der Waals surface area (Å²) in [6.07, 6.45) is 0. The Kier molecular flexibility index (Phi) is 3.23. The number of nitro benzene ring substituents is 1. The van der Waals surface area contributed by atoms with Gasteiger partial charge in [0.25, 0.3) is 5.69 Å². The molecule has 7 heteroatoms. The van der Waals surface area contributed by atoms with E-state index in [1.165, 1.54) is 18.2 Å². The fourth-order valence-electron chi connectivity index (χ4n) is 2.02. The molecule has 0 spiro atoms. The van der Waals surface area contributed by atoms with Crippen molar-refractivity contribution in [3.63, 3.8) is 0 Å². The van der Waals surface area contributed by atoms with Crippen LogP contribution in [-0.2, 0) is 6.54 Å². The predicted octanol–water partition coefficient (Wildman–Crippen LogP) is 3.22. The number of nitro groups is 1. The molecule has 0 bridgehead atoms. The zero-order valence-corrected chi connectivity index (χ0v) is 10.8. The van der Waals surface area contributed by atoms with Crippen LogP contribution in [0.3, 0.4) is 0 Å². The van der Waals surface area contributed by atoms with Crippen LogP contribution >= 0.6 is 0 Å². The van der Waals surface area contributed by atoms with Crippen LogP contribution in [0.2, 0.25) is 0 Å². The average Bonchev–Trinajstić information content (AvgIpc) is 2.88. The van der Waals surface area contributed by atoms with Gasteiger partial charge in [-0.3, -0.25) is 10.1 Å². The van der Waals surface area contributed by atoms with E-state index in [4.69, 9.17) is 0 Å². The fourth-order valence-corrected chi connectivity index (χ4v) is 2.02. The van der Waals surface area contributed by atoms with E-state index in [1.54, 1.807) is 24.3 Å². The van der Waals surface area contributed by atoms with Crippen LogP contribution in [0, 0.1) is 15.9 Å². The molecular weight excluding hydrogens is 275 g/mol. The number of hydrogen-bond acceptors (Lipinski definition) is 4. The second kappa shape index (κ2) is 5.20. The molecule has 1 heterocycles. The summed E-state index contributed by atoms with van der Waals surface area (Å²) in [5.74, 6) is 0.144. The Morgan fingerprint density at radius 3 is 2.86 bits per heavy atom. The molecule has 0 atom stereocenters. The van der Waals surface area contributed by atoms with Crippen molar-refractivity contribution in [1.82, 2.24) is 9.97 Å². The van der Waals surface area contributed by atoms with Gasteiger partial charge >= 0.3 is 0 Å². The monoisotopic (exact) mass is 286 g/mol. The van der Waals surface area contributed by atoms with Crippen LogP contribution in [0.1, 0.15) is 5.56 Å². The molecule has 0 amide bonds. The molecule has 2 aromatic carbocycles. The van der Waals surface area contributed by atoms with Crippen molar-refractivity contribution in [3.8, 4) is 0 Å². The van der Waals surface area contributed by atoms with Crippen molar-refractivity contribution in [2.45, 2.75) is 6.54 Å². The van der Waals surface area contributed by atoms with E-state index in [0.29, 0.717) is 22.5 Å². The van der Waals surface area contributed by atoms with Gasteiger partial charge in [-0.25, -0.2) is 9.37 Å². The van der Waals surface area contributed by atoms with Gasteiger partial charge in [0, 0.05) is 24.2 Å². The van der Waals surface area contributed by atoms with Gasteiger partial charge in [-0.15, -0.1) is 0 Å². The first kappa shape index (κ1) is 13.0. The number of anilines is 1. The van der Waals surface area contributed by atoms with E-state index in [2.05, 4.69) is 15.3 Å². The SMILES string of the molecule is O=[N+]([O-])c1ccc2nc(NCc3ccccc3F)[nH]c2c1. The molecule has 106 valence electrons. The molecular formula is C14H11FN4O2.